The molecule has 0 aromatic carbocycles. The van der Waals surface area contributed by atoms with Gasteiger partial charge in [0.05, 0.1) is 0 Å². The number of carboxylic acid groups (broad SMARTS) is 1. The predicted octanol–water partition coefficient (Wildman–Crippen LogP) is -0.112. The highest BCUT2D eigenvalue weighted by molar-refractivity contribution is 7.10. The maximum Gasteiger partial charge on any atom is 0.0442 e. The fourth-order valence-corrected chi connectivity index (χ4v) is 1.51. The van der Waals surface area contributed by atoms with Gasteiger partial charge in [0.2, 0.25) is 0 Å². The lowest BCUT2D eigenvalue weighted by Gasteiger charge is -2.08. The zero-order valence-corrected chi connectivity index (χ0v) is 6.64. The van der Waals surface area contributed by atoms with Crippen LogP contribution in [0.5, 0.6) is 0 Å². The quantitative estimate of drug-likeness (QED) is 0.688. The number of aliphatic carboxylic acids is 1. The molecule has 60 valence electrons. The Hall–Kier alpha value is -0.870. The van der Waals surface area contributed by atoms with Gasteiger partial charge in [0.25, 0.3) is 0 Å². The summed E-state index contributed by atoms with van der Waals surface area (Å²) >= 11 is 1.46. The maximum atomic E-state index is 10.1. The molecule has 0 saturated heterocycles. The van der Waals surface area contributed by atoms with E-state index in [1.807, 2.05) is 17.5 Å². The number of hydrogen-bond acceptors (Lipinski definition) is 4. The smallest absolute Gasteiger partial charge is 0.0442 e. The monoisotopic (exact) mass is 170 g/mol. The average Bonchev–Trinajstić information content (AvgIpc) is 2.35. The van der Waals surface area contributed by atoms with Crippen LogP contribution in [0.4, 0.5) is 0 Å². The molecule has 0 spiro atoms. The minimum atomic E-state index is -1.11. The Balaban J connectivity index is 2.56. The van der Waals surface area contributed by atoms with Crippen LogP contribution in [0.25, 0.3) is 0 Å². The second-order valence-corrected chi connectivity index (χ2v) is 3.18. The van der Waals surface area contributed by atoms with E-state index in [1.54, 1.807) is 0 Å². The van der Waals surface area contributed by atoms with Gasteiger partial charge in [0.15, 0.2) is 0 Å². The van der Waals surface area contributed by atoms with E-state index < -0.39 is 12.0 Å². The van der Waals surface area contributed by atoms with Crippen molar-refractivity contribution in [1.82, 2.24) is 0 Å². The van der Waals surface area contributed by atoms with E-state index in [0.717, 1.165) is 4.88 Å². The van der Waals surface area contributed by atoms with Crippen LogP contribution in [0.15, 0.2) is 17.5 Å². The molecule has 3 nitrogen and oxygen atoms in total. The SMILES string of the molecule is NC(CC(=O)[O-])c1cccs1. The Morgan fingerprint density at radius 3 is 3.00 bits per heavy atom. The second-order valence-electron chi connectivity index (χ2n) is 2.20. The second kappa shape index (κ2) is 3.50. The molecule has 0 fully saturated rings. The zero-order valence-electron chi connectivity index (χ0n) is 5.82. The molecule has 4 heteroatoms. The van der Waals surface area contributed by atoms with Gasteiger partial charge in [-0.15, -0.1) is 11.3 Å². The highest BCUT2D eigenvalue weighted by Gasteiger charge is 2.05. The number of thiophene rings is 1. The molecule has 11 heavy (non-hydrogen) atoms. The van der Waals surface area contributed by atoms with Crippen molar-refractivity contribution < 1.29 is 9.90 Å². The van der Waals surface area contributed by atoms with Crippen LogP contribution in [0.3, 0.4) is 0 Å². The van der Waals surface area contributed by atoms with Crippen LogP contribution in [0.2, 0.25) is 0 Å². The summed E-state index contributed by atoms with van der Waals surface area (Å²) in [4.78, 5) is 11.0. The summed E-state index contributed by atoms with van der Waals surface area (Å²) in [7, 11) is 0. The van der Waals surface area contributed by atoms with E-state index in [4.69, 9.17) is 5.73 Å². The number of nitrogens with two attached hydrogens (primary N) is 1. The minimum Gasteiger partial charge on any atom is -0.550 e. The van der Waals surface area contributed by atoms with Crippen LogP contribution in [-0.2, 0) is 4.79 Å². The Labute approximate surface area is 68.5 Å². The lowest BCUT2D eigenvalue weighted by molar-refractivity contribution is -0.306. The third-order valence-electron chi connectivity index (χ3n) is 1.30. The van der Waals surface area contributed by atoms with E-state index in [9.17, 15) is 9.90 Å². The summed E-state index contributed by atoms with van der Waals surface area (Å²) in [5.74, 6) is -1.11. The largest absolute Gasteiger partial charge is 0.550 e. The Morgan fingerprint density at radius 1 is 1.82 bits per heavy atom. The third-order valence-corrected chi connectivity index (χ3v) is 2.30. The van der Waals surface area contributed by atoms with Gasteiger partial charge in [0, 0.05) is 23.3 Å². The molecule has 0 amide bonds. The first-order valence-corrected chi connectivity index (χ1v) is 4.07. The topological polar surface area (TPSA) is 66.2 Å². The van der Waals surface area contributed by atoms with Crippen molar-refractivity contribution in [3.63, 3.8) is 0 Å². The molecule has 2 N–H and O–H groups in total. The van der Waals surface area contributed by atoms with E-state index >= 15 is 0 Å². The van der Waals surface area contributed by atoms with Gasteiger partial charge >= 0.3 is 0 Å². The molecule has 1 atom stereocenters. The first-order chi connectivity index (χ1) is 5.20. The number of carbonyl (C=O) groups is 1. The first kappa shape index (κ1) is 8.23. The van der Waals surface area contributed by atoms with Gasteiger partial charge < -0.3 is 15.6 Å². The lowest BCUT2D eigenvalue weighted by atomic mass is 10.2. The molecule has 1 heterocycles. The molecule has 1 aromatic rings. The predicted molar refractivity (Wildman–Crippen MR) is 40.9 cm³/mol. The van der Waals surface area contributed by atoms with E-state index in [1.165, 1.54) is 11.3 Å². The Morgan fingerprint density at radius 2 is 2.55 bits per heavy atom. The van der Waals surface area contributed by atoms with Gasteiger partial charge in [-0.3, -0.25) is 0 Å². The van der Waals surface area contributed by atoms with Crippen molar-refractivity contribution in [2.75, 3.05) is 0 Å². The average molecular weight is 170 g/mol. The van der Waals surface area contributed by atoms with E-state index in [-0.39, 0.29) is 6.42 Å². The van der Waals surface area contributed by atoms with Gasteiger partial charge in [-0.25, -0.2) is 0 Å². The van der Waals surface area contributed by atoms with Crippen molar-refractivity contribution in [3.8, 4) is 0 Å². The van der Waals surface area contributed by atoms with Crippen molar-refractivity contribution in [1.29, 1.82) is 0 Å². The Bertz CT molecular complexity index is 233. The maximum absolute atomic E-state index is 10.1. The molecule has 0 aliphatic heterocycles. The fraction of sp³-hybridized carbons (Fsp3) is 0.286. The lowest BCUT2D eigenvalue weighted by Crippen LogP contribution is -2.27. The number of carbonyl (C=O) groups excluding carboxylic acids is 1. The van der Waals surface area contributed by atoms with Crippen molar-refractivity contribution in [3.05, 3.63) is 22.4 Å². The molecule has 1 aromatic heterocycles. The molecule has 0 radical (unpaired) electrons. The summed E-state index contributed by atoms with van der Waals surface area (Å²) in [6.07, 6.45) is -0.111. The molecule has 1 unspecified atom stereocenters. The summed E-state index contributed by atoms with van der Waals surface area (Å²) in [6, 6.07) is 3.24. The molecule has 0 aliphatic carbocycles. The zero-order chi connectivity index (χ0) is 8.27. The van der Waals surface area contributed by atoms with Gasteiger partial charge in [-0.1, -0.05) is 6.07 Å². The summed E-state index contributed by atoms with van der Waals surface area (Å²) in [5, 5.41) is 12.0. The van der Waals surface area contributed by atoms with Crippen LogP contribution < -0.4 is 10.8 Å². The van der Waals surface area contributed by atoms with Crippen LogP contribution in [-0.4, -0.2) is 5.97 Å². The highest BCUT2D eigenvalue weighted by atomic mass is 32.1. The van der Waals surface area contributed by atoms with Gasteiger partial charge in [0.1, 0.15) is 0 Å². The summed E-state index contributed by atoms with van der Waals surface area (Å²) < 4.78 is 0. The Kier molecular flexibility index (Phi) is 2.62. The first-order valence-electron chi connectivity index (χ1n) is 3.19. The van der Waals surface area contributed by atoms with E-state index in [2.05, 4.69) is 0 Å². The van der Waals surface area contributed by atoms with Crippen LogP contribution in [0, 0.1) is 0 Å². The number of carboxylic acids is 1. The molecule has 0 saturated carbocycles. The standard InChI is InChI=1S/C7H9NO2S/c8-5(4-7(9)10)6-2-1-3-11-6/h1-3,5H,4,8H2,(H,9,10)/p-1. The molecule has 0 aliphatic rings. The third kappa shape index (κ3) is 2.32. The molecule has 1 rings (SSSR count). The normalized spacial score (nSPS) is 12.8. The fourth-order valence-electron chi connectivity index (χ4n) is 0.782. The molecular weight excluding hydrogens is 162 g/mol. The van der Waals surface area contributed by atoms with Gasteiger partial charge in [-0.2, -0.15) is 0 Å². The molecule has 0 bridgehead atoms. The van der Waals surface area contributed by atoms with Crippen molar-refractivity contribution in [2.24, 2.45) is 5.73 Å². The van der Waals surface area contributed by atoms with Crippen LogP contribution in [0.1, 0.15) is 17.3 Å². The van der Waals surface area contributed by atoms with E-state index in [0.29, 0.717) is 0 Å². The van der Waals surface area contributed by atoms with Crippen molar-refractivity contribution in [2.45, 2.75) is 12.5 Å². The van der Waals surface area contributed by atoms with Gasteiger partial charge in [-0.05, 0) is 11.4 Å². The van der Waals surface area contributed by atoms with Crippen molar-refractivity contribution >= 4 is 17.3 Å². The number of rotatable bonds is 3. The summed E-state index contributed by atoms with van der Waals surface area (Å²) in [6.45, 7) is 0. The van der Waals surface area contributed by atoms with Crippen LogP contribution >= 0.6 is 11.3 Å². The number of hydrogen-bond donors (Lipinski definition) is 1. The summed E-state index contributed by atoms with van der Waals surface area (Å²) in [5.41, 5.74) is 5.53. The molecular formula is C7H8NO2S-. The minimum absolute atomic E-state index is 0.111. The highest BCUT2D eigenvalue weighted by Crippen LogP contribution is 2.18.